The lowest BCUT2D eigenvalue weighted by Gasteiger charge is -2.01. The number of hydrogen-bond acceptors (Lipinski definition) is 0. The zero-order valence-corrected chi connectivity index (χ0v) is 6.66. The average Bonchev–Trinajstić information content (AvgIpc) is 2.52. The monoisotopic (exact) mass is 147 g/mol. The van der Waals surface area contributed by atoms with Gasteiger partial charge < -0.3 is 4.57 Å². The summed E-state index contributed by atoms with van der Waals surface area (Å²) in [5.74, 6) is 0. The predicted molar refractivity (Wildman–Crippen MR) is 48.4 cm³/mol. The predicted octanol–water partition coefficient (Wildman–Crippen LogP) is 2.62. The van der Waals surface area contributed by atoms with Gasteiger partial charge in [0, 0.05) is 18.9 Å². The van der Waals surface area contributed by atoms with Crippen molar-refractivity contribution in [3.63, 3.8) is 0 Å². The SMILES string of the molecule is C=CC(=C)CCn1cccc1. The van der Waals surface area contributed by atoms with Gasteiger partial charge in [0.2, 0.25) is 0 Å². The van der Waals surface area contributed by atoms with Crippen LogP contribution in [0, 0.1) is 0 Å². The number of rotatable bonds is 4. The van der Waals surface area contributed by atoms with Crippen LogP contribution in [0.1, 0.15) is 6.42 Å². The summed E-state index contributed by atoms with van der Waals surface area (Å²) in [6, 6.07) is 4.05. The third-order valence-corrected chi connectivity index (χ3v) is 1.65. The lowest BCUT2D eigenvalue weighted by atomic mass is 10.2. The summed E-state index contributed by atoms with van der Waals surface area (Å²) in [5.41, 5.74) is 1.10. The summed E-state index contributed by atoms with van der Waals surface area (Å²) < 4.78 is 2.13. The molecule has 1 aromatic rings. The molecule has 0 saturated carbocycles. The van der Waals surface area contributed by atoms with Crippen LogP contribution in [-0.4, -0.2) is 4.57 Å². The molecule has 0 N–H and O–H groups in total. The molecule has 1 nitrogen and oxygen atoms in total. The van der Waals surface area contributed by atoms with E-state index >= 15 is 0 Å². The summed E-state index contributed by atoms with van der Waals surface area (Å²) >= 11 is 0. The van der Waals surface area contributed by atoms with Crippen molar-refractivity contribution >= 4 is 0 Å². The Hall–Kier alpha value is -1.24. The second-order valence-corrected chi connectivity index (χ2v) is 2.53. The number of aryl methyl sites for hydroxylation is 1. The van der Waals surface area contributed by atoms with Gasteiger partial charge in [-0.3, -0.25) is 0 Å². The van der Waals surface area contributed by atoms with E-state index in [1.807, 2.05) is 18.2 Å². The fourth-order valence-electron chi connectivity index (χ4n) is 0.894. The Bertz CT molecular complexity index is 231. The maximum absolute atomic E-state index is 3.84. The van der Waals surface area contributed by atoms with Crippen LogP contribution in [0.5, 0.6) is 0 Å². The molecule has 0 saturated heterocycles. The van der Waals surface area contributed by atoms with Crippen molar-refractivity contribution in [2.75, 3.05) is 0 Å². The van der Waals surface area contributed by atoms with Gasteiger partial charge in [-0.05, 0) is 18.6 Å². The minimum absolute atomic E-state index is 0.984. The number of allylic oxidation sites excluding steroid dienone is 2. The van der Waals surface area contributed by atoms with Crippen LogP contribution >= 0.6 is 0 Å². The fraction of sp³-hybridized carbons (Fsp3) is 0.200. The lowest BCUT2D eigenvalue weighted by Crippen LogP contribution is -1.93. The first-order chi connectivity index (χ1) is 5.33. The Morgan fingerprint density at radius 3 is 2.55 bits per heavy atom. The molecule has 0 aliphatic carbocycles. The average molecular weight is 147 g/mol. The van der Waals surface area contributed by atoms with Crippen molar-refractivity contribution in [1.82, 2.24) is 4.57 Å². The molecule has 0 amide bonds. The Morgan fingerprint density at radius 1 is 1.36 bits per heavy atom. The smallest absolute Gasteiger partial charge is 0.0259 e. The molecule has 58 valence electrons. The normalized spacial score (nSPS) is 9.45. The Kier molecular flexibility index (Phi) is 2.73. The zero-order valence-electron chi connectivity index (χ0n) is 6.66. The van der Waals surface area contributed by atoms with Crippen molar-refractivity contribution in [2.24, 2.45) is 0 Å². The van der Waals surface area contributed by atoms with E-state index in [1.165, 1.54) is 0 Å². The number of hydrogen-bond donors (Lipinski definition) is 0. The maximum Gasteiger partial charge on any atom is 0.0259 e. The molecule has 0 aromatic carbocycles. The highest BCUT2D eigenvalue weighted by Crippen LogP contribution is 2.01. The van der Waals surface area contributed by atoms with Gasteiger partial charge in [0.25, 0.3) is 0 Å². The first-order valence-electron chi connectivity index (χ1n) is 3.74. The summed E-state index contributed by atoms with van der Waals surface area (Å²) in [5, 5.41) is 0. The highest BCUT2D eigenvalue weighted by atomic mass is 14.9. The molecule has 0 spiro atoms. The van der Waals surface area contributed by atoms with Crippen LogP contribution in [0.25, 0.3) is 0 Å². The molecule has 0 fully saturated rings. The van der Waals surface area contributed by atoms with Gasteiger partial charge in [-0.1, -0.05) is 24.8 Å². The topological polar surface area (TPSA) is 4.93 Å². The summed E-state index contributed by atoms with van der Waals surface area (Å²) in [4.78, 5) is 0. The highest BCUT2D eigenvalue weighted by molar-refractivity contribution is 5.10. The third-order valence-electron chi connectivity index (χ3n) is 1.65. The van der Waals surface area contributed by atoms with Crippen LogP contribution in [-0.2, 0) is 6.54 Å². The molecule has 0 unspecified atom stereocenters. The first kappa shape index (κ1) is 7.86. The van der Waals surface area contributed by atoms with Gasteiger partial charge in [-0.2, -0.15) is 0 Å². The first-order valence-corrected chi connectivity index (χ1v) is 3.74. The molecule has 1 heteroatoms. The molecule has 1 rings (SSSR count). The summed E-state index contributed by atoms with van der Waals surface area (Å²) in [6.45, 7) is 8.49. The van der Waals surface area contributed by atoms with Gasteiger partial charge in [0.15, 0.2) is 0 Å². The Balaban J connectivity index is 2.34. The van der Waals surface area contributed by atoms with Crippen molar-refractivity contribution in [1.29, 1.82) is 0 Å². The van der Waals surface area contributed by atoms with E-state index in [1.54, 1.807) is 0 Å². The highest BCUT2D eigenvalue weighted by Gasteiger charge is 1.89. The molecular weight excluding hydrogens is 134 g/mol. The second-order valence-electron chi connectivity index (χ2n) is 2.53. The molecule has 0 bridgehead atoms. The van der Waals surface area contributed by atoms with E-state index in [9.17, 15) is 0 Å². The second kappa shape index (κ2) is 3.81. The van der Waals surface area contributed by atoms with Gasteiger partial charge in [-0.25, -0.2) is 0 Å². The Morgan fingerprint density at radius 2 is 2.00 bits per heavy atom. The molecule has 0 aliphatic rings. The van der Waals surface area contributed by atoms with Crippen molar-refractivity contribution < 1.29 is 0 Å². The summed E-state index contributed by atoms with van der Waals surface area (Å²) in [6.07, 6.45) is 6.90. The Labute approximate surface area is 67.7 Å². The van der Waals surface area contributed by atoms with E-state index < -0.39 is 0 Å². The van der Waals surface area contributed by atoms with Crippen LogP contribution in [0.2, 0.25) is 0 Å². The van der Waals surface area contributed by atoms with E-state index in [2.05, 4.69) is 30.1 Å². The van der Waals surface area contributed by atoms with E-state index in [0.717, 1.165) is 18.5 Å². The zero-order chi connectivity index (χ0) is 8.10. The number of nitrogens with zero attached hydrogens (tertiary/aromatic N) is 1. The minimum Gasteiger partial charge on any atom is -0.354 e. The third kappa shape index (κ3) is 2.46. The maximum atomic E-state index is 3.84. The summed E-state index contributed by atoms with van der Waals surface area (Å²) in [7, 11) is 0. The fourth-order valence-corrected chi connectivity index (χ4v) is 0.894. The van der Waals surface area contributed by atoms with Gasteiger partial charge in [0.1, 0.15) is 0 Å². The van der Waals surface area contributed by atoms with E-state index in [0.29, 0.717) is 0 Å². The minimum atomic E-state index is 0.984. The molecule has 0 atom stereocenters. The van der Waals surface area contributed by atoms with Crippen molar-refractivity contribution in [2.45, 2.75) is 13.0 Å². The van der Waals surface area contributed by atoms with Gasteiger partial charge >= 0.3 is 0 Å². The van der Waals surface area contributed by atoms with Crippen LogP contribution in [0.3, 0.4) is 0 Å². The standard InChI is InChI=1S/C10H13N/c1-3-10(2)6-9-11-7-4-5-8-11/h3-5,7-8H,1-2,6,9H2. The van der Waals surface area contributed by atoms with E-state index in [4.69, 9.17) is 0 Å². The van der Waals surface area contributed by atoms with E-state index in [-0.39, 0.29) is 0 Å². The quantitative estimate of drug-likeness (QED) is 0.577. The largest absolute Gasteiger partial charge is 0.354 e. The molecule has 11 heavy (non-hydrogen) atoms. The van der Waals surface area contributed by atoms with Crippen LogP contribution in [0.15, 0.2) is 49.3 Å². The lowest BCUT2D eigenvalue weighted by molar-refractivity contribution is 0.704. The van der Waals surface area contributed by atoms with Crippen LogP contribution < -0.4 is 0 Å². The van der Waals surface area contributed by atoms with Crippen molar-refractivity contribution in [3.8, 4) is 0 Å². The van der Waals surface area contributed by atoms with Crippen LogP contribution in [0.4, 0.5) is 0 Å². The van der Waals surface area contributed by atoms with Gasteiger partial charge in [0.05, 0.1) is 0 Å². The molecule has 0 radical (unpaired) electrons. The molecule has 0 aliphatic heterocycles. The molecular formula is C10H13N. The van der Waals surface area contributed by atoms with Gasteiger partial charge in [-0.15, -0.1) is 0 Å². The molecule has 1 heterocycles. The van der Waals surface area contributed by atoms with Crippen molar-refractivity contribution in [3.05, 3.63) is 49.3 Å². The molecule has 1 aromatic heterocycles. The number of aromatic nitrogens is 1.